The van der Waals surface area contributed by atoms with Crippen LogP contribution in [0.3, 0.4) is 0 Å². The van der Waals surface area contributed by atoms with Crippen molar-refractivity contribution < 1.29 is 14.7 Å². The number of carbonyl (C=O) groups is 2. The van der Waals surface area contributed by atoms with Crippen molar-refractivity contribution in [3.63, 3.8) is 0 Å². The van der Waals surface area contributed by atoms with Crippen molar-refractivity contribution in [1.82, 2.24) is 0 Å². The molecule has 1 rings (SSSR count). The summed E-state index contributed by atoms with van der Waals surface area (Å²) in [4.78, 5) is 22.4. The number of aromatic carboxylic acids is 1. The van der Waals surface area contributed by atoms with Gasteiger partial charge < -0.3 is 5.11 Å². The summed E-state index contributed by atoms with van der Waals surface area (Å²) in [5.74, 6) is -1.00. The highest BCUT2D eigenvalue weighted by atomic mass is 32.2. The Bertz CT molecular complexity index is 360. The molecule has 3 nitrogen and oxygen atoms in total. The standard InChI is InChI=1S/C10H10O3S/c1-2-9(11)14-8-6-4-3-5-7(8)10(12)13/h3-6H,2H2,1H3,(H,12,13). The Balaban J connectivity index is 2.95. The van der Waals surface area contributed by atoms with Gasteiger partial charge in [-0.1, -0.05) is 30.8 Å². The van der Waals surface area contributed by atoms with Gasteiger partial charge in [-0.3, -0.25) is 4.79 Å². The van der Waals surface area contributed by atoms with Gasteiger partial charge in [-0.2, -0.15) is 0 Å². The highest BCUT2D eigenvalue weighted by Crippen LogP contribution is 2.24. The molecule has 4 heteroatoms. The Kier molecular flexibility index (Phi) is 3.71. The molecule has 1 aromatic rings. The molecule has 0 unspecified atom stereocenters. The maximum absolute atomic E-state index is 11.1. The third-order valence-electron chi connectivity index (χ3n) is 1.63. The van der Waals surface area contributed by atoms with Crippen molar-refractivity contribution in [3.05, 3.63) is 29.8 Å². The normalized spacial score (nSPS) is 9.79. The second-order valence-electron chi connectivity index (χ2n) is 2.63. The van der Waals surface area contributed by atoms with Gasteiger partial charge in [0, 0.05) is 11.3 Å². The summed E-state index contributed by atoms with van der Waals surface area (Å²) in [6.07, 6.45) is 0.401. The van der Waals surface area contributed by atoms with Gasteiger partial charge in [-0.25, -0.2) is 4.79 Å². The van der Waals surface area contributed by atoms with Gasteiger partial charge in [-0.05, 0) is 12.1 Å². The molecule has 74 valence electrons. The Morgan fingerprint density at radius 2 is 2.00 bits per heavy atom. The second-order valence-corrected chi connectivity index (χ2v) is 3.73. The molecule has 0 aromatic heterocycles. The van der Waals surface area contributed by atoms with E-state index < -0.39 is 5.97 Å². The first-order valence-corrected chi connectivity index (χ1v) is 4.99. The summed E-state index contributed by atoms with van der Waals surface area (Å²) in [7, 11) is 0. The van der Waals surface area contributed by atoms with Crippen molar-refractivity contribution in [1.29, 1.82) is 0 Å². The highest BCUT2D eigenvalue weighted by Gasteiger charge is 2.11. The average Bonchev–Trinajstić information content (AvgIpc) is 2.18. The smallest absolute Gasteiger partial charge is 0.336 e. The molecular weight excluding hydrogens is 200 g/mol. The van der Waals surface area contributed by atoms with E-state index in [1.54, 1.807) is 25.1 Å². The van der Waals surface area contributed by atoms with Gasteiger partial charge in [0.05, 0.1) is 5.56 Å². The molecule has 0 bridgehead atoms. The molecule has 0 radical (unpaired) electrons. The number of carbonyl (C=O) groups excluding carboxylic acids is 1. The molecule has 0 aliphatic heterocycles. The molecule has 0 fully saturated rings. The quantitative estimate of drug-likeness (QED) is 0.778. The lowest BCUT2D eigenvalue weighted by molar-refractivity contribution is -0.110. The highest BCUT2D eigenvalue weighted by molar-refractivity contribution is 8.13. The summed E-state index contributed by atoms with van der Waals surface area (Å²) in [6, 6.07) is 6.50. The molecule has 0 atom stereocenters. The zero-order valence-corrected chi connectivity index (χ0v) is 8.50. The molecule has 0 saturated carbocycles. The summed E-state index contributed by atoms with van der Waals surface area (Å²) < 4.78 is 0. The van der Waals surface area contributed by atoms with E-state index in [9.17, 15) is 9.59 Å². The second kappa shape index (κ2) is 4.81. The maximum Gasteiger partial charge on any atom is 0.336 e. The fraction of sp³-hybridized carbons (Fsp3) is 0.200. The number of thioether (sulfide) groups is 1. The largest absolute Gasteiger partial charge is 0.478 e. The van der Waals surface area contributed by atoms with Crippen LogP contribution in [0.25, 0.3) is 0 Å². The predicted molar refractivity (Wildman–Crippen MR) is 54.6 cm³/mol. The van der Waals surface area contributed by atoms with Crippen molar-refractivity contribution in [3.8, 4) is 0 Å². The van der Waals surface area contributed by atoms with Gasteiger partial charge in [0.15, 0.2) is 5.12 Å². The third-order valence-corrected chi connectivity index (χ3v) is 2.72. The van der Waals surface area contributed by atoms with E-state index in [0.717, 1.165) is 11.8 Å². The van der Waals surface area contributed by atoms with Crippen molar-refractivity contribution in [2.75, 3.05) is 0 Å². The van der Waals surface area contributed by atoms with Crippen molar-refractivity contribution in [2.45, 2.75) is 18.2 Å². The molecule has 1 N–H and O–H groups in total. The first kappa shape index (κ1) is 10.8. The Labute approximate surface area is 86.1 Å². The van der Waals surface area contributed by atoms with Crippen molar-refractivity contribution in [2.24, 2.45) is 0 Å². The minimum Gasteiger partial charge on any atom is -0.478 e. The van der Waals surface area contributed by atoms with Crippen LogP contribution in [-0.2, 0) is 4.79 Å². The number of hydrogen-bond acceptors (Lipinski definition) is 3. The molecule has 0 spiro atoms. The lowest BCUT2D eigenvalue weighted by Crippen LogP contribution is -1.99. The Hall–Kier alpha value is -1.29. The van der Waals surface area contributed by atoms with Crippen LogP contribution in [-0.4, -0.2) is 16.2 Å². The molecule has 1 aromatic carbocycles. The van der Waals surface area contributed by atoms with Crippen LogP contribution in [0.4, 0.5) is 0 Å². The Morgan fingerprint density at radius 1 is 1.36 bits per heavy atom. The maximum atomic E-state index is 11.1. The molecule has 0 amide bonds. The fourth-order valence-electron chi connectivity index (χ4n) is 0.927. The first-order chi connectivity index (χ1) is 6.65. The summed E-state index contributed by atoms with van der Waals surface area (Å²) in [6.45, 7) is 1.75. The lowest BCUT2D eigenvalue weighted by Gasteiger charge is -2.02. The number of rotatable bonds is 3. The van der Waals surface area contributed by atoms with Gasteiger partial charge in [0.25, 0.3) is 0 Å². The number of benzene rings is 1. The van der Waals surface area contributed by atoms with Crippen LogP contribution in [0.1, 0.15) is 23.7 Å². The van der Waals surface area contributed by atoms with Crippen LogP contribution < -0.4 is 0 Å². The van der Waals surface area contributed by atoms with Crippen LogP contribution in [0, 0.1) is 0 Å². The molecule has 0 heterocycles. The molecule has 14 heavy (non-hydrogen) atoms. The fourth-order valence-corrected chi connectivity index (χ4v) is 1.73. The monoisotopic (exact) mass is 210 g/mol. The zero-order chi connectivity index (χ0) is 10.6. The minimum atomic E-state index is -1.00. The van der Waals surface area contributed by atoms with E-state index in [0.29, 0.717) is 11.3 Å². The summed E-state index contributed by atoms with van der Waals surface area (Å²) in [5, 5.41) is 8.80. The van der Waals surface area contributed by atoms with E-state index in [1.807, 2.05) is 0 Å². The van der Waals surface area contributed by atoms with Gasteiger partial charge in [0.1, 0.15) is 0 Å². The third kappa shape index (κ3) is 2.60. The van der Waals surface area contributed by atoms with Gasteiger partial charge in [-0.15, -0.1) is 0 Å². The van der Waals surface area contributed by atoms with E-state index in [1.165, 1.54) is 6.07 Å². The number of carboxylic acid groups (broad SMARTS) is 1. The van der Waals surface area contributed by atoms with E-state index in [2.05, 4.69) is 0 Å². The Morgan fingerprint density at radius 3 is 2.57 bits per heavy atom. The van der Waals surface area contributed by atoms with E-state index in [-0.39, 0.29) is 10.7 Å². The van der Waals surface area contributed by atoms with Gasteiger partial charge in [0.2, 0.25) is 0 Å². The molecular formula is C10H10O3S. The molecule has 0 saturated heterocycles. The zero-order valence-electron chi connectivity index (χ0n) is 7.69. The molecule has 0 aliphatic carbocycles. The number of hydrogen-bond donors (Lipinski definition) is 1. The SMILES string of the molecule is CCC(=O)Sc1ccccc1C(=O)O. The van der Waals surface area contributed by atoms with Crippen LogP contribution >= 0.6 is 11.8 Å². The average molecular weight is 210 g/mol. The van der Waals surface area contributed by atoms with Crippen LogP contribution in [0.15, 0.2) is 29.2 Å². The summed E-state index contributed by atoms with van der Waals surface area (Å²) >= 11 is 0.979. The minimum absolute atomic E-state index is 0.0290. The van der Waals surface area contributed by atoms with Gasteiger partial charge >= 0.3 is 5.97 Å². The lowest BCUT2D eigenvalue weighted by atomic mass is 10.2. The summed E-state index contributed by atoms with van der Waals surface area (Å²) in [5.41, 5.74) is 0.180. The first-order valence-electron chi connectivity index (χ1n) is 4.18. The van der Waals surface area contributed by atoms with Crippen LogP contribution in [0.5, 0.6) is 0 Å². The van der Waals surface area contributed by atoms with E-state index in [4.69, 9.17) is 5.11 Å². The van der Waals surface area contributed by atoms with Crippen LogP contribution in [0.2, 0.25) is 0 Å². The predicted octanol–water partition coefficient (Wildman–Crippen LogP) is 2.41. The van der Waals surface area contributed by atoms with Crippen molar-refractivity contribution >= 4 is 22.8 Å². The number of carboxylic acids is 1. The molecule has 0 aliphatic rings. The van der Waals surface area contributed by atoms with E-state index >= 15 is 0 Å². The topological polar surface area (TPSA) is 54.4 Å².